The molecule has 8 amide bonds. The van der Waals surface area contributed by atoms with Gasteiger partial charge in [-0.1, -0.05) is 58.9 Å². The number of ether oxygens (including phenoxy) is 1. The Bertz CT molecular complexity index is 5470. The molecule has 29 nitrogen and oxygen atoms in total. The van der Waals surface area contributed by atoms with Crippen LogP contribution in [0.2, 0.25) is 0 Å². The first-order valence-corrected chi connectivity index (χ1v) is 49.7. The van der Waals surface area contributed by atoms with Crippen LogP contribution in [0.1, 0.15) is 200 Å². The minimum atomic E-state index is -3.78. The van der Waals surface area contributed by atoms with Crippen LogP contribution in [0.4, 0.5) is 46.3 Å². The molecule has 122 heavy (non-hydrogen) atoms. The number of aryl methyl sites for hydroxylation is 8. The van der Waals surface area contributed by atoms with Gasteiger partial charge in [0.25, 0.3) is 5.56 Å². The molecule has 2 aromatic heterocycles. The summed E-state index contributed by atoms with van der Waals surface area (Å²) in [5.74, 6) is 0.163. The lowest BCUT2D eigenvalue weighted by molar-refractivity contribution is 0.128. The van der Waals surface area contributed by atoms with E-state index >= 15 is 0 Å². The third-order valence-corrected chi connectivity index (χ3v) is 32.9. The van der Waals surface area contributed by atoms with Crippen LogP contribution in [0.25, 0.3) is 0 Å². The van der Waals surface area contributed by atoms with Crippen LogP contribution in [-0.2, 0) is 149 Å². The minimum absolute atomic E-state index is 0.0316. The first-order chi connectivity index (χ1) is 58.0. The van der Waals surface area contributed by atoms with Crippen molar-refractivity contribution in [3.05, 3.63) is 183 Å². The highest BCUT2D eigenvalue weighted by Crippen LogP contribution is 2.43. The van der Waals surface area contributed by atoms with Crippen molar-refractivity contribution in [3.63, 3.8) is 0 Å². The van der Waals surface area contributed by atoms with Gasteiger partial charge in [0, 0.05) is 146 Å². The normalized spacial score (nSPS) is 19.3. The predicted molar refractivity (Wildman–Crippen MR) is 471 cm³/mol. The van der Waals surface area contributed by atoms with Crippen LogP contribution in [0, 0.1) is 11.7 Å². The number of sulfonamides is 4. The summed E-state index contributed by atoms with van der Waals surface area (Å²) in [7, 11) is -11.6. The summed E-state index contributed by atoms with van der Waals surface area (Å²) in [5, 5.41) is 8.96. The smallest absolute Gasteiger partial charge is 0.332 e. The number of carbonyl (C=O) groups is 4. The van der Waals surface area contributed by atoms with Crippen LogP contribution in [0.15, 0.2) is 76.6 Å². The maximum atomic E-state index is 14.0. The second kappa shape index (κ2) is 37.7. The number of hydrogen-bond acceptors (Lipinski definition) is 19. The highest BCUT2D eigenvalue weighted by Gasteiger charge is 2.44. The number of aromatic nitrogens is 2. The zero-order chi connectivity index (χ0) is 86.9. The number of fused-ring (bicyclic) bond motifs is 6. The molecule has 5 aliphatic heterocycles. The van der Waals surface area contributed by atoms with Gasteiger partial charge in [-0.15, -0.1) is 0 Å². The first-order valence-electron chi connectivity index (χ1n) is 43.5. The second-order valence-corrected chi connectivity index (χ2v) is 43.6. The Morgan fingerprint density at radius 2 is 0.803 bits per heavy atom. The molecule has 5 saturated heterocycles. The highest BCUT2D eigenvalue weighted by molar-refractivity contribution is 7.91. The number of carbonyl (C=O) groups excluding carboxylic acids is 4. The molecule has 0 radical (unpaired) electrons. The number of nitrogens with one attached hydrogen (secondary N) is 8. The number of nitrogens with zero attached hydrogens (tertiary/aromatic N) is 6. The van der Waals surface area contributed by atoms with Gasteiger partial charge in [-0.3, -0.25) is 24.3 Å². The number of rotatable bonds is 23. The number of pyridine rings is 2. The molecular weight excluding hydrogens is 1640 g/mol. The van der Waals surface area contributed by atoms with E-state index in [9.17, 15) is 66.8 Å². The van der Waals surface area contributed by atoms with Crippen LogP contribution >= 0.6 is 0 Å². The lowest BCUT2D eigenvalue weighted by Crippen LogP contribution is -2.60. The Morgan fingerprint density at radius 1 is 0.443 bits per heavy atom. The molecular formula is C88H119FN14O15S4. The molecule has 6 aliphatic carbocycles. The number of benzene rings is 4. The zero-order valence-electron chi connectivity index (χ0n) is 71.3. The number of urea groups is 4. The molecule has 2 unspecified atom stereocenters. The zero-order valence-corrected chi connectivity index (χ0v) is 74.6. The van der Waals surface area contributed by atoms with E-state index in [0.717, 1.165) is 183 Å². The molecule has 0 spiro atoms. The number of hydrogen-bond donors (Lipinski definition) is 8. The molecule has 6 aromatic rings. The van der Waals surface area contributed by atoms with Crippen molar-refractivity contribution in [2.75, 3.05) is 93.4 Å². The Balaban J connectivity index is 0.000000133. The van der Waals surface area contributed by atoms with E-state index in [1.54, 1.807) is 38.6 Å². The maximum absolute atomic E-state index is 14.0. The van der Waals surface area contributed by atoms with Gasteiger partial charge in [-0.05, 0) is 273 Å². The van der Waals surface area contributed by atoms with E-state index in [0.29, 0.717) is 94.2 Å². The van der Waals surface area contributed by atoms with Crippen molar-refractivity contribution >= 4 is 87.0 Å². The average molecular weight is 1760 g/mol. The largest absolute Gasteiger partial charge is 0.381 e. The fourth-order valence-electron chi connectivity index (χ4n) is 19.0. The molecule has 5 fully saturated rings. The number of halogens is 1. The summed E-state index contributed by atoms with van der Waals surface area (Å²) in [6.07, 6.45) is 24.8. The van der Waals surface area contributed by atoms with E-state index in [-0.39, 0.29) is 28.8 Å². The van der Waals surface area contributed by atoms with Crippen LogP contribution in [0.3, 0.4) is 0 Å². The number of amides is 8. The maximum Gasteiger partial charge on any atom is 0.332 e. The number of anilines is 4. The SMILES string of the molecule is CCC(C)N1CC(S(=O)(=O)NC(=O)Nc2c(C(C)C)cc(F)cc2C(C)C)C1.Cn1cc(CN2CC(S(=O)(=O)NC(=O)Nc3c4c(cc5c3CCC5)CCC4)C2)ccc1=O.Cn1ccc(CN2CC(S(=O)(=O)NC(=O)Nc3c4c(cc5c3CCC5)CCC4)C2)cc1=O.O=C(Nc1c2c(cc3c1CCC3)CCC2)NS(=O)(=O)C1CN(CCC2CCOC2)C1. The van der Waals surface area contributed by atoms with E-state index in [1.807, 2.05) is 43.6 Å². The quantitative estimate of drug-likeness (QED) is 0.0296. The summed E-state index contributed by atoms with van der Waals surface area (Å²) >= 11 is 0. The van der Waals surface area contributed by atoms with Crippen LogP contribution < -0.4 is 51.3 Å². The lowest BCUT2D eigenvalue weighted by atomic mass is 9.92. The first kappa shape index (κ1) is 89.7. The predicted octanol–water partition coefficient (Wildman–Crippen LogP) is 9.63. The molecule has 4 aromatic carbocycles. The van der Waals surface area contributed by atoms with Gasteiger partial charge in [0.05, 0.1) is 0 Å². The van der Waals surface area contributed by atoms with Crippen LogP contribution in [-0.4, -0.2) is 186 Å². The van der Waals surface area contributed by atoms with Crippen LogP contribution in [0.5, 0.6) is 0 Å². The van der Waals surface area contributed by atoms with Gasteiger partial charge in [0.2, 0.25) is 45.7 Å². The topological polar surface area (TPSA) is 367 Å². The summed E-state index contributed by atoms with van der Waals surface area (Å²) in [4.78, 5) is 81.9. The average Bonchev–Trinajstić information content (AvgIpc) is 0.936. The van der Waals surface area contributed by atoms with Crippen molar-refractivity contribution in [1.29, 1.82) is 0 Å². The summed E-state index contributed by atoms with van der Waals surface area (Å²) in [5.41, 5.74) is 20.8. The third kappa shape index (κ3) is 20.8. The Labute approximate surface area is 716 Å². The Morgan fingerprint density at radius 3 is 1.15 bits per heavy atom. The molecule has 7 heterocycles. The van der Waals surface area contributed by atoms with Crippen molar-refractivity contribution in [1.82, 2.24) is 47.6 Å². The lowest BCUT2D eigenvalue weighted by Gasteiger charge is -2.42. The van der Waals surface area contributed by atoms with Crippen molar-refractivity contribution in [2.24, 2.45) is 20.0 Å². The van der Waals surface area contributed by atoms with Crippen molar-refractivity contribution < 1.29 is 62.0 Å². The Hall–Kier alpha value is -8.61. The Kier molecular flexibility index (Phi) is 27.7. The molecule has 17 rings (SSSR count). The standard InChI is InChI=1S/2C23H28N4O4S.C22H31N3O4S.C20H32FN3O3S/c1-26-11-15(8-9-21(26)28)12-27-13-18(14-27)32(30,31)25-23(29)24-22-19-6-2-4-16(19)10-17-5-3-7-20(17)22;1-26-9-8-15(10-21(26)28)12-27-13-18(14-27)32(30,31)25-23(29)24-22-19-6-2-4-16(19)11-17-5-3-7-20(17)22;26-22(23-21-19-5-1-3-16(19)11-17-4-2-6-20(17)21)24-30(27,28)18-12-25(13-18)9-7-15-8-10-29-14-15;1-7-14(6)24-10-16(11-24)28(26,27)23-20(25)22-19-17(12(2)3)8-15(21)9-18(19)13(4)5/h2*8-11,18H,2-7,12-14H2,1H3,(H2,24,25,29);11,15,18H,1-10,12-14H2,(H2,23,24,26);8-9,12-14,16H,7,10-11H2,1-6H3,(H2,22,23,25). The molecule has 34 heteroatoms. The summed E-state index contributed by atoms with van der Waals surface area (Å²) in [6.45, 7) is 18.5. The fourth-order valence-corrected chi connectivity index (χ4v) is 24.1. The molecule has 0 saturated carbocycles. The third-order valence-electron chi connectivity index (χ3n) is 26.3. The van der Waals surface area contributed by atoms with Gasteiger partial charge in [-0.25, -0.2) is 76.1 Å². The summed E-state index contributed by atoms with van der Waals surface area (Å²) in [6, 6.07) is 13.8. The minimum Gasteiger partial charge on any atom is -0.381 e. The number of likely N-dealkylation sites (tertiary alicyclic amines) is 4. The van der Waals surface area contributed by atoms with Crippen molar-refractivity contribution in [2.45, 2.75) is 228 Å². The van der Waals surface area contributed by atoms with E-state index in [1.165, 1.54) is 94.1 Å². The van der Waals surface area contributed by atoms with Gasteiger partial charge >= 0.3 is 24.1 Å². The fraction of sp³-hybridized carbons (Fsp3) is 0.568. The highest BCUT2D eigenvalue weighted by atomic mass is 32.2. The van der Waals surface area contributed by atoms with E-state index in [2.05, 4.69) is 82.0 Å². The molecule has 662 valence electrons. The van der Waals surface area contributed by atoms with Gasteiger partial charge < -0.3 is 40.0 Å². The van der Waals surface area contributed by atoms with Crippen molar-refractivity contribution in [3.8, 4) is 0 Å². The van der Waals surface area contributed by atoms with E-state index in [4.69, 9.17) is 4.74 Å². The molecule has 8 N–H and O–H groups in total. The van der Waals surface area contributed by atoms with E-state index < -0.39 is 85.2 Å². The molecule has 2 atom stereocenters. The summed E-state index contributed by atoms with van der Waals surface area (Å²) < 4.78 is 133. The van der Waals surface area contributed by atoms with Gasteiger partial charge in [0.15, 0.2) is 0 Å². The molecule has 0 bridgehead atoms. The second-order valence-electron chi connectivity index (χ2n) is 35.7. The van der Waals surface area contributed by atoms with Gasteiger partial charge in [0.1, 0.15) is 26.8 Å². The van der Waals surface area contributed by atoms with Gasteiger partial charge in [-0.2, -0.15) is 0 Å². The molecule has 11 aliphatic rings. The monoisotopic (exact) mass is 1760 g/mol.